The van der Waals surface area contributed by atoms with E-state index < -0.39 is 10.1 Å². The molecular formula is C21H19O5S. The maximum absolute atomic E-state index is 12.4. The summed E-state index contributed by atoms with van der Waals surface area (Å²) in [5.41, 5.74) is 1.73. The van der Waals surface area contributed by atoms with Crippen LogP contribution in [0.4, 0.5) is 0 Å². The zero-order valence-corrected chi connectivity index (χ0v) is 15.8. The van der Waals surface area contributed by atoms with Gasteiger partial charge in [-0.15, -0.1) is 0 Å². The van der Waals surface area contributed by atoms with E-state index in [9.17, 15) is 8.42 Å². The number of hydrogen-bond donors (Lipinski definition) is 0. The van der Waals surface area contributed by atoms with Crippen LogP contribution in [0.15, 0.2) is 71.6 Å². The van der Waals surface area contributed by atoms with Gasteiger partial charge in [-0.1, -0.05) is 29.8 Å². The fraction of sp³-hybridized carbons (Fsp3) is 0.143. The van der Waals surface area contributed by atoms with E-state index >= 15 is 0 Å². The van der Waals surface area contributed by atoms with E-state index in [0.29, 0.717) is 5.75 Å². The smallest absolute Gasteiger partial charge is 0.339 e. The van der Waals surface area contributed by atoms with E-state index in [1.807, 2.05) is 6.92 Å². The third-order valence-electron chi connectivity index (χ3n) is 3.81. The lowest BCUT2D eigenvalue weighted by Gasteiger charge is -2.10. The first-order valence-corrected chi connectivity index (χ1v) is 9.66. The van der Waals surface area contributed by atoms with Crippen LogP contribution in [0.5, 0.6) is 17.2 Å². The molecule has 1 radical (unpaired) electrons. The van der Waals surface area contributed by atoms with Crippen LogP contribution < -0.4 is 13.7 Å². The Labute approximate surface area is 159 Å². The SMILES string of the molecule is COc1ccc(OCc2cc[c]c(OS(=O)(=O)c3ccc(C)cc3)c2)cc1. The fourth-order valence-corrected chi connectivity index (χ4v) is 3.24. The summed E-state index contributed by atoms with van der Waals surface area (Å²) < 4.78 is 40.8. The van der Waals surface area contributed by atoms with Crippen LogP contribution in [0.2, 0.25) is 0 Å². The zero-order valence-electron chi connectivity index (χ0n) is 15.0. The lowest BCUT2D eigenvalue weighted by molar-refractivity contribution is 0.305. The second-order valence-corrected chi connectivity index (χ2v) is 7.42. The van der Waals surface area contributed by atoms with E-state index in [1.165, 1.54) is 12.1 Å². The third-order valence-corrected chi connectivity index (χ3v) is 5.06. The number of hydrogen-bond acceptors (Lipinski definition) is 5. The standard InChI is InChI=1S/C21H19O5S/c1-16-6-12-21(13-7-16)27(22,23)26-20-5-3-4-17(14-20)15-25-19-10-8-18(24-2)9-11-19/h3-4,6-14H,15H2,1-2H3. The van der Waals surface area contributed by atoms with Gasteiger partial charge in [-0.05, 0) is 55.0 Å². The Morgan fingerprint density at radius 3 is 2.26 bits per heavy atom. The highest BCUT2D eigenvalue weighted by molar-refractivity contribution is 7.87. The van der Waals surface area contributed by atoms with Crippen LogP contribution in [0.1, 0.15) is 11.1 Å². The lowest BCUT2D eigenvalue weighted by Crippen LogP contribution is -2.10. The molecule has 0 fully saturated rings. The molecule has 0 spiro atoms. The van der Waals surface area contributed by atoms with Gasteiger partial charge >= 0.3 is 10.1 Å². The van der Waals surface area contributed by atoms with Crippen molar-refractivity contribution in [3.8, 4) is 17.2 Å². The molecule has 0 unspecified atom stereocenters. The second-order valence-electron chi connectivity index (χ2n) is 5.88. The maximum atomic E-state index is 12.4. The first-order chi connectivity index (χ1) is 13.0. The molecule has 0 aliphatic rings. The summed E-state index contributed by atoms with van der Waals surface area (Å²) >= 11 is 0. The number of benzene rings is 3. The number of ether oxygens (including phenoxy) is 2. The molecule has 0 amide bonds. The summed E-state index contributed by atoms with van der Waals surface area (Å²) in [6.45, 7) is 2.15. The topological polar surface area (TPSA) is 61.8 Å². The third kappa shape index (κ3) is 5.01. The monoisotopic (exact) mass is 383 g/mol. The van der Waals surface area contributed by atoms with Crippen LogP contribution >= 0.6 is 0 Å². The molecule has 0 saturated carbocycles. The van der Waals surface area contributed by atoms with Gasteiger partial charge in [0, 0.05) is 6.07 Å². The van der Waals surface area contributed by atoms with Crippen molar-refractivity contribution in [3.05, 3.63) is 83.9 Å². The van der Waals surface area contributed by atoms with Crippen LogP contribution in [-0.4, -0.2) is 15.5 Å². The van der Waals surface area contributed by atoms with E-state index in [4.69, 9.17) is 13.7 Å². The van der Waals surface area contributed by atoms with Gasteiger partial charge in [0.1, 0.15) is 23.0 Å². The summed E-state index contributed by atoms with van der Waals surface area (Å²) in [5.74, 6) is 1.54. The summed E-state index contributed by atoms with van der Waals surface area (Å²) in [5, 5.41) is 0. The molecule has 0 aromatic heterocycles. The van der Waals surface area contributed by atoms with Crippen LogP contribution in [0.3, 0.4) is 0 Å². The predicted molar refractivity (Wildman–Crippen MR) is 102 cm³/mol. The van der Waals surface area contributed by atoms with Crippen molar-refractivity contribution in [3.63, 3.8) is 0 Å². The summed E-state index contributed by atoms with van der Waals surface area (Å²) in [6, 6.07) is 21.4. The molecule has 0 bridgehead atoms. The van der Waals surface area contributed by atoms with Crippen molar-refractivity contribution in [1.82, 2.24) is 0 Å². The minimum absolute atomic E-state index is 0.0985. The Balaban J connectivity index is 1.68. The second kappa shape index (κ2) is 8.14. The first-order valence-electron chi connectivity index (χ1n) is 8.25. The minimum Gasteiger partial charge on any atom is -0.497 e. The molecule has 3 aromatic carbocycles. The average Bonchev–Trinajstić information content (AvgIpc) is 2.67. The molecule has 0 saturated heterocycles. The predicted octanol–water partition coefficient (Wildman–Crippen LogP) is 4.15. The number of aryl methyl sites for hydroxylation is 1. The van der Waals surface area contributed by atoms with Gasteiger partial charge in [0.15, 0.2) is 5.75 Å². The molecule has 0 aliphatic carbocycles. The molecule has 0 N–H and O–H groups in total. The zero-order chi connectivity index (χ0) is 19.3. The van der Waals surface area contributed by atoms with Gasteiger partial charge in [-0.2, -0.15) is 8.42 Å². The fourth-order valence-electron chi connectivity index (χ4n) is 2.34. The lowest BCUT2D eigenvalue weighted by atomic mass is 10.2. The largest absolute Gasteiger partial charge is 0.497 e. The van der Waals surface area contributed by atoms with Crippen molar-refractivity contribution in [2.75, 3.05) is 7.11 Å². The van der Waals surface area contributed by atoms with Gasteiger partial charge < -0.3 is 13.7 Å². The van der Waals surface area contributed by atoms with Crippen molar-refractivity contribution < 1.29 is 22.1 Å². The molecule has 27 heavy (non-hydrogen) atoms. The maximum Gasteiger partial charge on any atom is 0.339 e. The van der Waals surface area contributed by atoms with Crippen molar-refractivity contribution in [2.45, 2.75) is 18.4 Å². The Bertz CT molecular complexity index is 994. The number of rotatable bonds is 7. The molecule has 3 rings (SSSR count). The molecular weight excluding hydrogens is 364 g/mol. The molecule has 139 valence electrons. The Kier molecular flexibility index (Phi) is 5.66. The van der Waals surface area contributed by atoms with Crippen molar-refractivity contribution in [2.24, 2.45) is 0 Å². The van der Waals surface area contributed by atoms with Crippen LogP contribution in [-0.2, 0) is 16.7 Å². The van der Waals surface area contributed by atoms with E-state index in [0.717, 1.165) is 16.9 Å². The highest BCUT2D eigenvalue weighted by Crippen LogP contribution is 2.22. The molecule has 3 aromatic rings. The normalized spacial score (nSPS) is 11.0. The highest BCUT2D eigenvalue weighted by atomic mass is 32.2. The van der Waals surface area contributed by atoms with Crippen LogP contribution in [0.25, 0.3) is 0 Å². The quantitative estimate of drug-likeness (QED) is 0.574. The summed E-state index contributed by atoms with van der Waals surface area (Å²) in [7, 11) is -2.31. The Hall–Kier alpha value is -2.99. The molecule has 0 atom stereocenters. The highest BCUT2D eigenvalue weighted by Gasteiger charge is 2.16. The van der Waals surface area contributed by atoms with Crippen LogP contribution in [0, 0.1) is 13.0 Å². The molecule has 0 aliphatic heterocycles. The molecule has 6 heteroatoms. The Morgan fingerprint density at radius 1 is 0.926 bits per heavy atom. The van der Waals surface area contributed by atoms with Crippen molar-refractivity contribution >= 4 is 10.1 Å². The first kappa shape index (κ1) is 18.8. The van der Waals surface area contributed by atoms with Crippen molar-refractivity contribution in [1.29, 1.82) is 0 Å². The van der Waals surface area contributed by atoms with Gasteiger partial charge in [-0.3, -0.25) is 0 Å². The van der Waals surface area contributed by atoms with E-state index in [-0.39, 0.29) is 17.3 Å². The van der Waals surface area contributed by atoms with E-state index in [2.05, 4.69) is 6.07 Å². The minimum atomic E-state index is -3.91. The molecule has 0 heterocycles. The van der Waals surface area contributed by atoms with Gasteiger partial charge in [-0.25, -0.2) is 0 Å². The summed E-state index contributed by atoms with van der Waals surface area (Å²) in [6.07, 6.45) is 0. The van der Waals surface area contributed by atoms with E-state index in [1.54, 1.807) is 61.7 Å². The van der Waals surface area contributed by atoms with Gasteiger partial charge in [0.2, 0.25) is 0 Å². The molecule has 5 nitrogen and oxygen atoms in total. The average molecular weight is 383 g/mol. The Morgan fingerprint density at radius 2 is 1.59 bits per heavy atom. The summed E-state index contributed by atoms with van der Waals surface area (Å²) in [4.78, 5) is 0.0985. The number of methoxy groups -OCH3 is 1. The van der Waals surface area contributed by atoms with Gasteiger partial charge in [0.05, 0.1) is 7.11 Å². The van der Waals surface area contributed by atoms with Gasteiger partial charge in [0.25, 0.3) is 0 Å².